The summed E-state index contributed by atoms with van der Waals surface area (Å²) in [5.74, 6) is -0.340. The fourth-order valence-electron chi connectivity index (χ4n) is 0.758. The molecule has 0 bridgehead atoms. The third-order valence-corrected chi connectivity index (χ3v) is 1.72. The lowest BCUT2D eigenvalue weighted by Crippen LogP contribution is -2.15. The average Bonchev–Trinajstić information content (AvgIpc) is 2.16. The predicted octanol–water partition coefficient (Wildman–Crippen LogP) is 1.32. The quantitative estimate of drug-likeness (QED) is 0.748. The molecule has 1 aromatic rings. The minimum atomic E-state index is -0.340. The zero-order chi connectivity index (χ0) is 9.68. The van der Waals surface area contributed by atoms with Crippen LogP contribution in [0.1, 0.15) is 0 Å². The van der Waals surface area contributed by atoms with Gasteiger partial charge in [0.25, 0.3) is 0 Å². The van der Waals surface area contributed by atoms with E-state index in [-0.39, 0.29) is 12.5 Å². The van der Waals surface area contributed by atoms with E-state index in [4.69, 9.17) is 11.6 Å². The molecule has 0 atom stereocenters. The molecule has 0 saturated carbocycles. The summed E-state index contributed by atoms with van der Waals surface area (Å²) >= 11 is 5.77. The van der Waals surface area contributed by atoms with Crippen LogP contribution in [0, 0.1) is 0 Å². The number of carbonyl (C=O) groups excluding carboxylic acids is 1. The molecule has 0 aromatic carbocycles. The summed E-state index contributed by atoms with van der Waals surface area (Å²) in [5.41, 5.74) is 0.669. The summed E-state index contributed by atoms with van der Waals surface area (Å²) in [7, 11) is 1.33. The number of esters is 1. The van der Waals surface area contributed by atoms with Gasteiger partial charge in [0, 0.05) is 12.4 Å². The third-order valence-electron chi connectivity index (χ3n) is 1.42. The van der Waals surface area contributed by atoms with Crippen molar-refractivity contribution in [3.8, 4) is 0 Å². The summed E-state index contributed by atoms with van der Waals surface area (Å²) in [6, 6.07) is 1.69. The van der Waals surface area contributed by atoms with Crippen LogP contribution in [0.3, 0.4) is 0 Å². The van der Waals surface area contributed by atoms with Gasteiger partial charge in [0.15, 0.2) is 0 Å². The topological polar surface area (TPSA) is 51.2 Å². The van der Waals surface area contributed by atoms with Crippen molar-refractivity contribution in [1.29, 1.82) is 0 Å². The molecule has 0 unspecified atom stereocenters. The second kappa shape index (κ2) is 4.67. The van der Waals surface area contributed by atoms with E-state index in [1.165, 1.54) is 13.3 Å². The highest BCUT2D eigenvalue weighted by molar-refractivity contribution is 6.33. The van der Waals surface area contributed by atoms with Gasteiger partial charge in [-0.05, 0) is 6.07 Å². The van der Waals surface area contributed by atoms with E-state index in [9.17, 15) is 4.79 Å². The average molecular weight is 201 g/mol. The molecule has 1 aromatic heterocycles. The van der Waals surface area contributed by atoms with Crippen LogP contribution < -0.4 is 5.32 Å². The zero-order valence-corrected chi connectivity index (χ0v) is 7.84. The summed E-state index contributed by atoms with van der Waals surface area (Å²) in [4.78, 5) is 14.6. The van der Waals surface area contributed by atoms with Crippen LogP contribution in [0.25, 0.3) is 0 Å². The van der Waals surface area contributed by atoms with Crippen molar-refractivity contribution in [1.82, 2.24) is 4.98 Å². The Morgan fingerprint density at radius 2 is 2.54 bits per heavy atom. The fraction of sp³-hybridized carbons (Fsp3) is 0.250. The summed E-state index contributed by atoms with van der Waals surface area (Å²) in [6.07, 6.45) is 3.09. The Morgan fingerprint density at radius 3 is 3.15 bits per heavy atom. The third kappa shape index (κ3) is 2.91. The van der Waals surface area contributed by atoms with Crippen LogP contribution in [-0.4, -0.2) is 24.6 Å². The second-order valence-corrected chi connectivity index (χ2v) is 2.69. The van der Waals surface area contributed by atoms with Crippen molar-refractivity contribution in [2.75, 3.05) is 19.0 Å². The first-order valence-electron chi connectivity index (χ1n) is 3.64. The van der Waals surface area contributed by atoms with Crippen molar-refractivity contribution < 1.29 is 9.53 Å². The Labute approximate surface area is 80.9 Å². The smallest absolute Gasteiger partial charge is 0.325 e. The largest absolute Gasteiger partial charge is 0.468 e. The van der Waals surface area contributed by atoms with Crippen LogP contribution in [0.5, 0.6) is 0 Å². The van der Waals surface area contributed by atoms with E-state index < -0.39 is 0 Å². The van der Waals surface area contributed by atoms with E-state index in [2.05, 4.69) is 15.0 Å². The van der Waals surface area contributed by atoms with E-state index >= 15 is 0 Å². The SMILES string of the molecule is COC(=O)CNc1ccncc1Cl. The molecule has 0 spiro atoms. The Morgan fingerprint density at radius 1 is 1.77 bits per heavy atom. The minimum absolute atomic E-state index is 0.0975. The number of nitrogens with zero attached hydrogens (tertiary/aromatic N) is 1. The van der Waals surface area contributed by atoms with Crippen LogP contribution in [0.15, 0.2) is 18.5 Å². The molecule has 1 heterocycles. The molecule has 1 N–H and O–H groups in total. The molecule has 0 saturated heterocycles. The summed E-state index contributed by atoms with van der Waals surface area (Å²) < 4.78 is 4.45. The van der Waals surface area contributed by atoms with Crippen molar-refractivity contribution in [2.24, 2.45) is 0 Å². The number of pyridine rings is 1. The van der Waals surface area contributed by atoms with E-state index in [1.54, 1.807) is 12.3 Å². The molecule has 0 amide bonds. The van der Waals surface area contributed by atoms with Gasteiger partial charge >= 0.3 is 5.97 Å². The van der Waals surface area contributed by atoms with Gasteiger partial charge in [-0.3, -0.25) is 9.78 Å². The standard InChI is InChI=1S/C8H9ClN2O2/c1-13-8(12)5-11-7-2-3-10-4-6(7)9/h2-4H,5H2,1H3,(H,10,11). The Balaban J connectivity index is 2.54. The molecule has 4 nitrogen and oxygen atoms in total. The predicted molar refractivity (Wildman–Crippen MR) is 49.8 cm³/mol. The van der Waals surface area contributed by atoms with Gasteiger partial charge in [-0.25, -0.2) is 0 Å². The molecule has 13 heavy (non-hydrogen) atoms. The van der Waals surface area contributed by atoms with Crippen molar-refractivity contribution in [2.45, 2.75) is 0 Å². The lowest BCUT2D eigenvalue weighted by molar-refractivity contribution is -0.138. The number of nitrogens with one attached hydrogen (secondary N) is 1. The minimum Gasteiger partial charge on any atom is -0.468 e. The maximum atomic E-state index is 10.8. The maximum absolute atomic E-state index is 10.8. The number of halogens is 1. The van der Waals surface area contributed by atoms with E-state index in [1.807, 2.05) is 0 Å². The molecule has 1 rings (SSSR count). The Hall–Kier alpha value is -1.29. The zero-order valence-electron chi connectivity index (χ0n) is 7.08. The lowest BCUT2D eigenvalue weighted by Gasteiger charge is -2.05. The molecule has 0 aliphatic heterocycles. The molecule has 0 aliphatic carbocycles. The van der Waals surface area contributed by atoms with Gasteiger partial charge in [-0.15, -0.1) is 0 Å². The highest BCUT2D eigenvalue weighted by Crippen LogP contribution is 2.18. The van der Waals surface area contributed by atoms with Gasteiger partial charge < -0.3 is 10.1 Å². The normalized spacial score (nSPS) is 9.38. The highest BCUT2D eigenvalue weighted by Gasteiger charge is 2.02. The summed E-state index contributed by atoms with van der Waals surface area (Å²) in [5, 5.41) is 3.30. The molecule has 70 valence electrons. The molecule has 5 heteroatoms. The van der Waals surface area contributed by atoms with Gasteiger partial charge in [0.05, 0.1) is 17.8 Å². The summed E-state index contributed by atoms with van der Waals surface area (Å²) in [6.45, 7) is 0.0975. The maximum Gasteiger partial charge on any atom is 0.325 e. The first kappa shape index (κ1) is 9.80. The molecule has 0 fully saturated rings. The van der Waals surface area contributed by atoms with Crippen molar-refractivity contribution in [3.05, 3.63) is 23.5 Å². The van der Waals surface area contributed by atoms with Crippen LogP contribution in [-0.2, 0) is 9.53 Å². The monoisotopic (exact) mass is 200 g/mol. The first-order chi connectivity index (χ1) is 6.24. The number of methoxy groups -OCH3 is 1. The second-order valence-electron chi connectivity index (χ2n) is 2.29. The van der Waals surface area contributed by atoms with Gasteiger partial charge in [0.2, 0.25) is 0 Å². The number of ether oxygens (including phenoxy) is 1. The molecular formula is C8H9ClN2O2. The van der Waals surface area contributed by atoms with E-state index in [0.29, 0.717) is 10.7 Å². The van der Waals surface area contributed by atoms with Gasteiger partial charge in [-0.2, -0.15) is 0 Å². The van der Waals surface area contributed by atoms with Crippen LogP contribution in [0.4, 0.5) is 5.69 Å². The number of aromatic nitrogens is 1. The lowest BCUT2D eigenvalue weighted by atomic mass is 10.4. The highest BCUT2D eigenvalue weighted by atomic mass is 35.5. The molecule has 0 radical (unpaired) electrons. The number of carbonyl (C=O) groups is 1. The van der Waals surface area contributed by atoms with Crippen LogP contribution >= 0.6 is 11.6 Å². The van der Waals surface area contributed by atoms with E-state index in [0.717, 1.165) is 0 Å². The first-order valence-corrected chi connectivity index (χ1v) is 4.02. The van der Waals surface area contributed by atoms with Gasteiger partial charge in [-0.1, -0.05) is 11.6 Å². The van der Waals surface area contributed by atoms with Crippen LogP contribution in [0.2, 0.25) is 5.02 Å². The Bertz CT molecular complexity index is 304. The molecular weight excluding hydrogens is 192 g/mol. The number of anilines is 1. The Kier molecular flexibility index (Phi) is 3.52. The van der Waals surface area contributed by atoms with Crippen molar-refractivity contribution >= 4 is 23.3 Å². The number of hydrogen-bond acceptors (Lipinski definition) is 4. The number of hydrogen-bond donors (Lipinski definition) is 1. The van der Waals surface area contributed by atoms with Crippen molar-refractivity contribution in [3.63, 3.8) is 0 Å². The molecule has 0 aliphatic rings. The number of rotatable bonds is 3. The fourth-order valence-corrected chi connectivity index (χ4v) is 0.944. The van der Waals surface area contributed by atoms with Gasteiger partial charge in [0.1, 0.15) is 6.54 Å².